The van der Waals surface area contributed by atoms with E-state index in [-0.39, 0.29) is 5.91 Å². The van der Waals surface area contributed by atoms with Crippen LogP contribution in [0.3, 0.4) is 0 Å². The SMILES string of the molecule is O=C(Nc1ccc(NC2CCCCCC2)nc1)c1ccc(Cl)cc1. The van der Waals surface area contributed by atoms with Crippen molar-refractivity contribution in [3.8, 4) is 0 Å². The Morgan fingerprint density at radius 2 is 1.71 bits per heavy atom. The highest BCUT2D eigenvalue weighted by Gasteiger charge is 2.12. The fourth-order valence-electron chi connectivity index (χ4n) is 2.99. The number of carbonyl (C=O) groups is 1. The predicted octanol–water partition coefficient (Wildman–Crippen LogP) is 5.12. The summed E-state index contributed by atoms with van der Waals surface area (Å²) in [5, 5.41) is 6.96. The molecule has 1 aromatic carbocycles. The number of rotatable bonds is 4. The summed E-state index contributed by atoms with van der Waals surface area (Å²) in [5.74, 6) is 0.698. The molecule has 24 heavy (non-hydrogen) atoms. The Bertz CT molecular complexity index is 662. The van der Waals surface area contributed by atoms with Crippen LogP contribution in [0.15, 0.2) is 42.6 Å². The van der Waals surface area contributed by atoms with Gasteiger partial charge in [0.25, 0.3) is 5.91 Å². The first-order valence-electron chi connectivity index (χ1n) is 8.50. The molecule has 1 aliphatic carbocycles. The molecular weight excluding hydrogens is 322 g/mol. The number of nitrogens with one attached hydrogen (secondary N) is 2. The van der Waals surface area contributed by atoms with Crippen molar-refractivity contribution in [2.24, 2.45) is 0 Å². The van der Waals surface area contributed by atoms with Gasteiger partial charge >= 0.3 is 0 Å². The lowest BCUT2D eigenvalue weighted by molar-refractivity contribution is 0.102. The van der Waals surface area contributed by atoms with Gasteiger partial charge in [0.2, 0.25) is 0 Å². The summed E-state index contributed by atoms with van der Waals surface area (Å²) in [4.78, 5) is 16.6. The molecule has 0 bridgehead atoms. The number of benzene rings is 1. The van der Waals surface area contributed by atoms with Gasteiger partial charge in [0.1, 0.15) is 5.82 Å². The van der Waals surface area contributed by atoms with E-state index in [2.05, 4.69) is 15.6 Å². The van der Waals surface area contributed by atoms with Gasteiger partial charge in [-0.25, -0.2) is 4.98 Å². The lowest BCUT2D eigenvalue weighted by atomic mass is 10.1. The van der Waals surface area contributed by atoms with E-state index in [0.29, 0.717) is 22.3 Å². The summed E-state index contributed by atoms with van der Waals surface area (Å²) in [7, 11) is 0. The second-order valence-electron chi connectivity index (χ2n) is 6.23. The minimum absolute atomic E-state index is 0.169. The normalized spacial score (nSPS) is 15.5. The summed E-state index contributed by atoms with van der Waals surface area (Å²) >= 11 is 5.84. The van der Waals surface area contributed by atoms with Gasteiger partial charge in [-0.2, -0.15) is 0 Å². The lowest BCUT2D eigenvalue weighted by Gasteiger charge is -2.17. The average Bonchev–Trinajstić information content (AvgIpc) is 2.86. The first-order chi connectivity index (χ1) is 11.7. The van der Waals surface area contributed by atoms with E-state index in [0.717, 1.165) is 5.82 Å². The number of carbonyl (C=O) groups excluding carboxylic acids is 1. The maximum absolute atomic E-state index is 12.2. The van der Waals surface area contributed by atoms with Crippen LogP contribution in [0.25, 0.3) is 0 Å². The Morgan fingerprint density at radius 3 is 2.33 bits per heavy atom. The summed E-state index contributed by atoms with van der Waals surface area (Å²) in [6, 6.07) is 11.1. The molecule has 2 aromatic rings. The van der Waals surface area contributed by atoms with Crippen molar-refractivity contribution in [1.29, 1.82) is 0 Å². The van der Waals surface area contributed by atoms with Crippen LogP contribution in [-0.2, 0) is 0 Å². The molecule has 1 aromatic heterocycles. The molecule has 1 heterocycles. The second kappa shape index (κ2) is 8.15. The van der Waals surface area contributed by atoms with Crippen LogP contribution in [0.5, 0.6) is 0 Å². The molecule has 1 aliphatic rings. The quantitative estimate of drug-likeness (QED) is 0.757. The first kappa shape index (κ1) is 16.8. The van der Waals surface area contributed by atoms with E-state index in [4.69, 9.17) is 11.6 Å². The molecule has 3 rings (SSSR count). The van der Waals surface area contributed by atoms with Gasteiger partial charge in [-0.3, -0.25) is 4.79 Å². The Hall–Kier alpha value is -2.07. The van der Waals surface area contributed by atoms with Gasteiger partial charge in [-0.15, -0.1) is 0 Å². The van der Waals surface area contributed by atoms with Gasteiger partial charge in [0.05, 0.1) is 11.9 Å². The lowest BCUT2D eigenvalue weighted by Crippen LogP contribution is -2.19. The van der Waals surface area contributed by atoms with E-state index in [1.54, 1.807) is 30.5 Å². The third kappa shape index (κ3) is 4.71. The molecule has 0 radical (unpaired) electrons. The molecule has 0 saturated heterocycles. The highest BCUT2D eigenvalue weighted by molar-refractivity contribution is 6.30. The fraction of sp³-hybridized carbons (Fsp3) is 0.368. The number of anilines is 2. The molecule has 0 aliphatic heterocycles. The minimum Gasteiger partial charge on any atom is -0.367 e. The number of nitrogens with zero attached hydrogens (tertiary/aromatic N) is 1. The van der Waals surface area contributed by atoms with Crippen molar-refractivity contribution in [2.75, 3.05) is 10.6 Å². The molecule has 2 N–H and O–H groups in total. The fourth-order valence-corrected chi connectivity index (χ4v) is 3.12. The number of hydrogen-bond acceptors (Lipinski definition) is 3. The van der Waals surface area contributed by atoms with E-state index in [9.17, 15) is 4.79 Å². The van der Waals surface area contributed by atoms with Crippen LogP contribution >= 0.6 is 11.6 Å². The van der Waals surface area contributed by atoms with Crippen molar-refractivity contribution in [3.63, 3.8) is 0 Å². The van der Waals surface area contributed by atoms with Crippen LogP contribution in [0.1, 0.15) is 48.9 Å². The molecule has 4 nitrogen and oxygen atoms in total. The third-order valence-electron chi connectivity index (χ3n) is 4.33. The van der Waals surface area contributed by atoms with Crippen molar-refractivity contribution in [3.05, 3.63) is 53.2 Å². The maximum Gasteiger partial charge on any atom is 0.255 e. The molecule has 1 fully saturated rings. The maximum atomic E-state index is 12.2. The summed E-state index contributed by atoms with van der Waals surface area (Å²) in [5.41, 5.74) is 1.25. The van der Waals surface area contributed by atoms with Gasteiger partial charge in [-0.1, -0.05) is 37.3 Å². The van der Waals surface area contributed by atoms with Crippen LogP contribution < -0.4 is 10.6 Å². The molecule has 126 valence electrons. The predicted molar refractivity (Wildman–Crippen MR) is 98.8 cm³/mol. The molecule has 0 unspecified atom stereocenters. The van der Waals surface area contributed by atoms with E-state index in [1.807, 2.05) is 12.1 Å². The van der Waals surface area contributed by atoms with Crippen molar-refractivity contribution in [2.45, 2.75) is 44.6 Å². The van der Waals surface area contributed by atoms with Crippen molar-refractivity contribution in [1.82, 2.24) is 4.98 Å². The zero-order chi connectivity index (χ0) is 16.8. The smallest absolute Gasteiger partial charge is 0.255 e. The zero-order valence-electron chi connectivity index (χ0n) is 13.6. The standard InChI is InChI=1S/C19H22ClN3O/c20-15-9-7-14(8-10-15)19(24)23-17-11-12-18(21-13-17)22-16-5-3-1-2-4-6-16/h7-13,16H,1-6H2,(H,21,22)(H,23,24). The van der Waals surface area contributed by atoms with Gasteiger partial charge in [0, 0.05) is 16.6 Å². The summed E-state index contributed by atoms with van der Waals surface area (Å²) < 4.78 is 0. The number of hydrogen-bond donors (Lipinski definition) is 2. The van der Waals surface area contributed by atoms with Crippen LogP contribution in [0, 0.1) is 0 Å². The Morgan fingerprint density at radius 1 is 1.00 bits per heavy atom. The summed E-state index contributed by atoms with van der Waals surface area (Å²) in [6.45, 7) is 0. The van der Waals surface area contributed by atoms with Crippen LogP contribution in [0.4, 0.5) is 11.5 Å². The molecule has 0 atom stereocenters. The topological polar surface area (TPSA) is 54.0 Å². The Kier molecular flexibility index (Phi) is 5.70. The number of aromatic nitrogens is 1. The van der Waals surface area contributed by atoms with Gasteiger partial charge in [0.15, 0.2) is 0 Å². The first-order valence-corrected chi connectivity index (χ1v) is 8.88. The second-order valence-corrected chi connectivity index (χ2v) is 6.66. The zero-order valence-corrected chi connectivity index (χ0v) is 14.4. The third-order valence-corrected chi connectivity index (χ3v) is 4.59. The average molecular weight is 344 g/mol. The van der Waals surface area contributed by atoms with Crippen LogP contribution in [0.2, 0.25) is 5.02 Å². The Labute approximate surface area is 147 Å². The van der Waals surface area contributed by atoms with Gasteiger partial charge in [-0.05, 0) is 49.2 Å². The van der Waals surface area contributed by atoms with E-state index < -0.39 is 0 Å². The largest absolute Gasteiger partial charge is 0.367 e. The Balaban J connectivity index is 1.57. The van der Waals surface area contributed by atoms with E-state index in [1.165, 1.54) is 38.5 Å². The molecule has 1 saturated carbocycles. The monoisotopic (exact) mass is 343 g/mol. The molecule has 5 heteroatoms. The minimum atomic E-state index is -0.169. The number of amides is 1. The van der Waals surface area contributed by atoms with Crippen LogP contribution in [-0.4, -0.2) is 16.9 Å². The molecule has 0 spiro atoms. The molecule has 1 amide bonds. The van der Waals surface area contributed by atoms with Gasteiger partial charge < -0.3 is 10.6 Å². The number of pyridine rings is 1. The highest BCUT2D eigenvalue weighted by atomic mass is 35.5. The molecular formula is C19H22ClN3O. The van der Waals surface area contributed by atoms with Crippen molar-refractivity contribution >= 4 is 29.0 Å². The van der Waals surface area contributed by atoms with E-state index >= 15 is 0 Å². The summed E-state index contributed by atoms with van der Waals surface area (Å²) in [6.07, 6.45) is 9.34. The number of halogens is 1. The highest BCUT2D eigenvalue weighted by Crippen LogP contribution is 2.21. The van der Waals surface area contributed by atoms with Crippen molar-refractivity contribution < 1.29 is 4.79 Å².